The van der Waals surface area contributed by atoms with Gasteiger partial charge >= 0.3 is 0 Å². The van der Waals surface area contributed by atoms with Gasteiger partial charge in [0, 0.05) is 42.2 Å². The fourth-order valence-corrected chi connectivity index (χ4v) is 4.87. The van der Waals surface area contributed by atoms with Gasteiger partial charge in [-0.05, 0) is 61.6 Å². The summed E-state index contributed by atoms with van der Waals surface area (Å²) in [6.45, 7) is 10.0. The summed E-state index contributed by atoms with van der Waals surface area (Å²) < 4.78 is 0. The molecule has 2 aliphatic rings. The normalized spacial score (nSPS) is 25.8. The molecule has 1 saturated heterocycles. The van der Waals surface area contributed by atoms with E-state index in [1.165, 1.54) is 22.3 Å². The Bertz CT molecular complexity index is 783. The molecule has 0 saturated carbocycles. The first-order valence-electron chi connectivity index (χ1n) is 9.28. The topological polar surface area (TPSA) is 15.3 Å². The molecule has 132 valence electrons. The summed E-state index contributed by atoms with van der Waals surface area (Å²) in [7, 11) is 0. The first kappa shape index (κ1) is 17.1. The van der Waals surface area contributed by atoms with Crippen LogP contribution in [0.25, 0.3) is 0 Å². The molecular weight excluding hydrogens is 328 g/mol. The predicted molar refractivity (Wildman–Crippen MR) is 105 cm³/mol. The summed E-state index contributed by atoms with van der Waals surface area (Å²) in [6.07, 6.45) is 1.15. The molecule has 1 unspecified atom stereocenters. The molecule has 1 N–H and O–H groups in total. The number of hydrogen-bond acceptors (Lipinski definition) is 2. The van der Waals surface area contributed by atoms with Gasteiger partial charge in [0.05, 0.1) is 0 Å². The molecule has 1 aliphatic carbocycles. The Labute approximate surface area is 156 Å². The second-order valence-electron chi connectivity index (χ2n) is 8.22. The second kappa shape index (κ2) is 6.42. The number of hydrogen-bond donors (Lipinski definition) is 1. The van der Waals surface area contributed by atoms with Crippen LogP contribution in [-0.2, 0) is 0 Å². The van der Waals surface area contributed by atoms with E-state index in [1.807, 2.05) is 0 Å². The van der Waals surface area contributed by atoms with Gasteiger partial charge in [0.2, 0.25) is 0 Å². The summed E-state index contributed by atoms with van der Waals surface area (Å²) in [4.78, 5) is 2.66. The van der Waals surface area contributed by atoms with Crippen molar-refractivity contribution < 1.29 is 0 Å². The molecule has 0 radical (unpaired) electrons. The van der Waals surface area contributed by atoms with E-state index < -0.39 is 0 Å². The van der Waals surface area contributed by atoms with E-state index in [0.717, 1.165) is 31.1 Å². The lowest BCUT2D eigenvalue weighted by molar-refractivity contribution is 0.107. The van der Waals surface area contributed by atoms with E-state index in [9.17, 15) is 0 Å². The van der Waals surface area contributed by atoms with E-state index in [-0.39, 0.29) is 5.54 Å². The number of piperazine rings is 1. The maximum absolute atomic E-state index is 6.38. The minimum absolute atomic E-state index is 0.164. The van der Waals surface area contributed by atoms with Crippen LogP contribution in [0.2, 0.25) is 5.02 Å². The highest BCUT2D eigenvalue weighted by Crippen LogP contribution is 2.48. The van der Waals surface area contributed by atoms with Gasteiger partial charge in [-0.3, -0.25) is 4.90 Å². The smallest absolute Gasteiger partial charge is 0.0409 e. The fourth-order valence-electron chi connectivity index (χ4n) is 4.69. The van der Waals surface area contributed by atoms with Crippen LogP contribution in [0.5, 0.6) is 0 Å². The van der Waals surface area contributed by atoms with Crippen molar-refractivity contribution in [2.75, 3.05) is 19.6 Å². The standard InChI is InChI=1S/C22H27ClN2/c1-15-6-4-5-7-17(15)19-13-21(20-12-16(23)8-9-18(19)20)25-11-10-24-22(2,3)14-25/h4-9,12,19,21,24H,10-11,13-14H2,1-3H3/t19?,21-/m1/s1. The molecule has 0 spiro atoms. The molecule has 2 nitrogen and oxygen atoms in total. The van der Waals surface area contributed by atoms with E-state index >= 15 is 0 Å². The van der Waals surface area contributed by atoms with Gasteiger partial charge in [0.25, 0.3) is 0 Å². The molecule has 2 atom stereocenters. The van der Waals surface area contributed by atoms with Crippen molar-refractivity contribution in [1.82, 2.24) is 10.2 Å². The summed E-state index contributed by atoms with van der Waals surface area (Å²) in [5.74, 6) is 0.469. The highest BCUT2D eigenvalue weighted by Gasteiger charge is 2.38. The molecule has 2 aromatic rings. The van der Waals surface area contributed by atoms with Crippen molar-refractivity contribution in [3.05, 3.63) is 69.7 Å². The fraction of sp³-hybridized carbons (Fsp3) is 0.455. The SMILES string of the molecule is Cc1ccccc1C1C[C@@H](N2CCNC(C)(C)C2)c2cc(Cl)ccc21. The van der Waals surface area contributed by atoms with Crippen LogP contribution in [0.1, 0.15) is 54.5 Å². The highest BCUT2D eigenvalue weighted by molar-refractivity contribution is 6.30. The Kier molecular flexibility index (Phi) is 4.39. The Balaban J connectivity index is 1.74. The Hall–Kier alpha value is -1.35. The molecule has 2 aromatic carbocycles. The third-order valence-corrected chi connectivity index (χ3v) is 6.08. The van der Waals surface area contributed by atoms with Crippen LogP contribution in [0.3, 0.4) is 0 Å². The highest BCUT2D eigenvalue weighted by atomic mass is 35.5. The zero-order valence-electron chi connectivity index (χ0n) is 15.3. The first-order valence-corrected chi connectivity index (χ1v) is 9.66. The number of benzene rings is 2. The van der Waals surface area contributed by atoms with Crippen molar-refractivity contribution >= 4 is 11.6 Å². The Morgan fingerprint density at radius 1 is 1.08 bits per heavy atom. The number of rotatable bonds is 2. The number of halogens is 1. The molecule has 4 rings (SSSR count). The first-order chi connectivity index (χ1) is 11.9. The predicted octanol–water partition coefficient (Wildman–Crippen LogP) is 4.91. The summed E-state index contributed by atoms with van der Waals surface area (Å²) in [6, 6.07) is 15.8. The lowest BCUT2D eigenvalue weighted by atomic mass is 9.90. The minimum atomic E-state index is 0.164. The van der Waals surface area contributed by atoms with Crippen LogP contribution in [0.15, 0.2) is 42.5 Å². The average Bonchev–Trinajstić information content (AvgIpc) is 2.93. The third-order valence-electron chi connectivity index (χ3n) is 5.85. The summed E-state index contributed by atoms with van der Waals surface area (Å²) in [5.41, 5.74) is 5.90. The van der Waals surface area contributed by atoms with Crippen LogP contribution in [0.4, 0.5) is 0 Å². The van der Waals surface area contributed by atoms with Gasteiger partial charge in [-0.1, -0.05) is 41.9 Å². The van der Waals surface area contributed by atoms with Crippen LogP contribution < -0.4 is 5.32 Å². The molecular formula is C22H27ClN2. The van der Waals surface area contributed by atoms with Gasteiger partial charge in [-0.15, -0.1) is 0 Å². The van der Waals surface area contributed by atoms with Crippen molar-refractivity contribution in [2.24, 2.45) is 0 Å². The molecule has 25 heavy (non-hydrogen) atoms. The van der Waals surface area contributed by atoms with Crippen molar-refractivity contribution in [3.8, 4) is 0 Å². The quantitative estimate of drug-likeness (QED) is 0.824. The molecule has 1 heterocycles. The number of nitrogens with one attached hydrogen (secondary N) is 1. The third kappa shape index (κ3) is 3.23. The lowest BCUT2D eigenvalue weighted by Crippen LogP contribution is -2.57. The van der Waals surface area contributed by atoms with Crippen LogP contribution in [-0.4, -0.2) is 30.1 Å². The van der Waals surface area contributed by atoms with Crippen LogP contribution >= 0.6 is 11.6 Å². The van der Waals surface area contributed by atoms with Crippen molar-refractivity contribution in [3.63, 3.8) is 0 Å². The molecule has 1 fully saturated rings. The zero-order valence-corrected chi connectivity index (χ0v) is 16.1. The molecule has 3 heteroatoms. The number of nitrogens with zero attached hydrogens (tertiary/aromatic N) is 1. The summed E-state index contributed by atoms with van der Waals surface area (Å²) in [5, 5.41) is 4.48. The monoisotopic (exact) mass is 354 g/mol. The number of aryl methyl sites for hydroxylation is 1. The lowest BCUT2D eigenvalue weighted by Gasteiger charge is -2.42. The van der Waals surface area contributed by atoms with Gasteiger partial charge in [0.1, 0.15) is 0 Å². The zero-order chi connectivity index (χ0) is 17.6. The minimum Gasteiger partial charge on any atom is -0.309 e. The average molecular weight is 355 g/mol. The van der Waals surface area contributed by atoms with Crippen molar-refractivity contribution in [2.45, 2.75) is 44.7 Å². The van der Waals surface area contributed by atoms with E-state index in [4.69, 9.17) is 11.6 Å². The Morgan fingerprint density at radius 3 is 2.64 bits per heavy atom. The second-order valence-corrected chi connectivity index (χ2v) is 8.65. The maximum Gasteiger partial charge on any atom is 0.0409 e. The number of fused-ring (bicyclic) bond motifs is 1. The molecule has 0 amide bonds. The largest absolute Gasteiger partial charge is 0.309 e. The molecule has 0 aromatic heterocycles. The van der Waals surface area contributed by atoms with Gasteiger partial charge < -0.3 is 5.32 Å². The molecule has 1 aliphatic heterocycles. The Morgan fingerprint density at radius 2 is 1.88 bits per heavy atom. The van der Waals surface area contributed by atoms with Gasteiger partial charge in [0.15, 0.2) is 0 Å². The van der Waals surface area contributed by atoms with Crippen LogP contribution in [0, 0.1) is 6.92 Å². The maximum atomic E-state index is 6.38. The van der Waals surface area contributed by atoms with E-state index in [1.54, 1.807) is 0 Å². The van der Waals surface area contributed by atoms with E-state index in [0.29, 0.717) is 12.0 Å². The molecule has 0 bridgehead atoms. The van der Waals surface area contributed by atoms with E-state index in [2.05, 4.69) is 73.5 Å². The summed E-state index contributed by atoms with van der Waals surface area (Å²) >= 11 is 6.38. The van der Waals surface area contributed by atoms with Gasteiger partial charge in [-0.2, -0.15) is 0 Å². The van der Waals surface area contributed by atoms with Crippen molar-refractivity contribution in [1.29, 1.82) is 0 Å². The van der Waals surface area contributed by atoms with Gasteiger partial charge in [-0.25, -0.2) is 0 Å².